The van der Waals surface area contributed by atoms with Crippen LogP contribution in [0.5, 0.6) is 0 Å². The zero-order valence-electron chi connectivity index (χ0n) is 11.2. The first-order chi connectivity index (χ1) is 9.02. The molecule has 1 aromatic carbocycles. The molecule has 19 heavy (non-hydrogen) atoms. The molecular formula is C14H21N3O2. The Morgan fingerprint density at radius 2 is 2.21 bits per heavy atom. The molecule has 5 heteroatoms. The summed E-state index contributed by atoms with van der Waals surface area (Å²) in [6.45, 7) is 4.18. The molecule has 0 spiro atoms. The minimum atomic E-state index is -0.621. The number of nitrogens with two attached hydrogens (primary N) is 1. The van der Waals surface area contributed by atoms with Crippen molar-refractivity contribution in [3.05, 3.63) is 35.4 Å². The van der Waals surface area contributed by atoms with E-state index in [1.807, 2.05) is 31.2 Å². The molecule has 0 bridgehead atoms. The fourth-order valence-electron chi connectivity index (χ4n) is 2.66. The predicted octanol–water partition coefficient (Wildman–Crippen LogP) is 1.13. The van der Waals surface area contributed by atoms with Gasteiger partial charge in [0.15, 0.2) is 5.84 Å². The van der Waals surface area contributed by atoms with Crippen molar-refractivity contribution in [1.29, 1.82) is 0 Å². The molecule has 2 rings (SSSR count). The van der Waals surface area contributed by atoms with Gasteiger partial charge in [-0.3, -0.25) is 4.90 Å². The fourth-order valence-corrected chi connectivity index (χ4v) is 2.66. The molecule has 1 aliphatic heterocycles. The Kier molecular flexibility index (Phi) is 4.07. The second kappa shape index (κ2) is 5.59. The van der Waals surface area contributed by atoms with Crippen molar-refractivity contribution in [2.45, 2.75) is 31.9 Å². The highest BCUT2D eigenvalue weighted by Gasteiger charge is 2.28. The van der Waals surface area contributed by atoms with Crippen LogP contribution in [-0.4, -0.2) is 39.7 Å². The summed E-state index contributed by atoms with van der Waals surface area (Å²) in [7, 11) is 0. The molecule has 104 valence electrons. The molecule has 0 aromatic heterocycles. The largest absolute Gasteiger partial charge is 0.409 e. The van der Waals surface area contributed by atoms with Crippen molar-refractivity contribution in [1.82, 2.24) is 4.90 Å². The van der Waals surface area contributed by atoms with Gasteiger partial charge in [-0.1, -0.05) is 29.4 Å². The lowest BCUT2D eigenvalue weighted by Gasteiger charge is -2.37. The lowest BCUT2D eigenvalue weighted by atomic mass is 9.94. The molecule has 1 aromatic rings. The first kappa shape index (κ1) is 13.8. The van der Waals surface area contributed by atoms with E-state index in [2.05, 4.69) is 10.1 Å². The highest BCUT2D eigenvalue weighted by Crippen LogP contribution is 2.22. The van der Waals surface area contributed by atoms with E-state index >= 15 is 0 Å². The average Bonchev–Trinajstić information content (AvgIpc) is 2.37. The number of nitrogens with zero attached hydrogens (tertiary/aromatic N) is 2. The van der Waals surface area contributed by atoms with E-state index in [0.717, 1.165) is 30.5 Å². The number of hydrogen-bond donors (Lipinski definition) is 3. The van der Waals surface area contributed by atoms with Crippen LogP contribution >= 0.6 is 0 Å². The molecule has 0 saturated carbocycles. The third-order valence-corrected chi connectivity index (χ3v) is 3.55. The molecule has 1 saturated heterocycles. The van der Waals surface area contributed by atoms with Crippen LogP contribution in [-0.2, 0) is 6.54 Å². The van der Waals surface area contributed by atoms with Crippen LogP contribution in [0.25, 0.3) is 0 Å². The van der Waals surface area contributed by atoms with E-state index in [-0.39, 0.29) is 5.84 Å². The van der Waals surface area contributed by atoms with Gasteiger partial charge in [-0.15, -0.1) is 0 Å². The van der Waals surface area contributed by atoms with Crippen molar-refractivity contribution >= 4 is 5.84 Å². The van der Waals surface area contributed by atoms with Gasteiger partial charge in [0.1, 0.15) is 0 Å². The Hall–Kier alpha value is -1.59. The molecule has 1 heterocycles. The van der Waals surface area contributed by atoms with Crippen LogP contribution in [0.3, 0.4) is 0 Å². The van der Waals surface area contributed by atoms with E-state index in [1.54, 1.807) is 0 Å². The number of β-amino-alcohol motifs (C(OH)–C–C–N with tert-alkyl or cyclic N) is 1. The average molecular weight is 263 g/mol. The summed E-state index contributed by atoms with van der Waals surface area (Å²) >= 11 is 0. The summed E-state index contributed by atoms with van der Waals surface area (Å²) in [6, 6.07) is 7.61. The van der Waals surface area contributed by atoms with Crippen molar-refractivity contribution in [2.24, 2.45) is 10.9 Å². The van der Waals surface area contributed by atoms with Crippen LogP contribution in [0.2, 0.25) is 0 Å². The molecule has 0 aliphatic carbocycles. The molecule has 1 atom stereocenters. The van der Waals surface area contributed by atoms with Gasteiger partial charge in [-0.2, -0.15) is 0 Å². The quantitative estimate of drug-likeness (QED) is 0.330. The van der Waals surface area contributed by atoms with Gasteiger partial charge in [0, 0.05) is 18.7 Å². The molecule has 5 nitrogen and oxygen atoms in total. The highest BCUT2D eigenvalue weighted by molar-refractivity contribution is 5.98. The minimum absolute atomic E-state index is 0.124. The maximum absolute atomic E-state index is 10.1. The summed E-state index contributed by atoms with van der Waals surface area (Å²) in [5.41, 5.74) is 6.82. The molecule has 1 aliphatic rings. The van der Waals surface area contributed by atoms with E-state index in [0.29, 0.717) is 13.1 Å². The second-order valence-electron chi connectivity index (χ2n) is 5.45. The minimum Gasteiger partial charge on any atom is -0.409 e. The Labute approximate surface area is 113 Å². The Balaban J connectivity index is 2.15. The van der Waals surface area contributed by atoms with Crippen LogP contribution in [0.4, 0.5) is 0 Å². The van der Waals surface area contributed by atoms with Crippen LogP contribution in [0, 0.1) is 0 Å². The maximum atomic E-state index is 10.1. The van der Waals surface area contributed by atoms with Gasteiger partial charge in [0.2, 0.25) is 0 Å². The first-order valence-corrected chi connectivity index (χ1v) is 6.52. The van der Waals surface area contributed by atoms with E-state index < -0.39 is 5.60 Å². The maximum Gasteiger partial charge on any atom is 0.170 e. The van der Waals surface area contributed by atoms with Crippen molar-refractivity contribution in [3.8, 4) is 0 Å². The van der Waals surface area contributed by atoms with Crippen LogP contribution in [0.1, 0.15) is 30.9 Å². The summed E-state index contributed by atoms with van der Waals surface area (Å²) < 4.78 is 0. The molecular weight excluding hydrogens is 242 g/mol. The van der Waals surface area contributed by atoms with Gasteiger partial charge >= 0.3 is 0 Å². The number of hydrogen-bond acceptors (Lipinski definition) is 4. The smallest absolute Gasteiger partial charge is 0.170 e. The van der Waals surface area contributed by atoms with Crippen LogP contribution in [0.15, 0.2) is 29.4 Å². The summed E-state index contributed by atoms with van der Waals surface area (Å²) in [6.07, 6.45) is 1.82. The van der Waals surface area contributed by atoms with Crippen LogP contribution < -0.4 is 5.73 Å². The number of oxime groups is 1. The molecule has 4 N–H and O–H groups in total. The van der Waals surface area contributed by atoms with Crippen molar-refractivity contribution in [3.63, 3.8) is 0 Å². The van der Waals surface area contributed by atoms with Crippen molar-refractivity contribution in [2.75, 3.05) is 13.1 Å². The first-order valence-electron chi connectivity index (χ1n) is 6.52. The lowest BCUT2D eigenvalue weighted by molar-refractivity contribution is -0.0181. The van der Waals surface area contributed by atoms with Gasteiger partial charge < -0.3 is 16.0 Å². The number of aliphatic hydroxyl groups is 1. The number of piperidine rings is 1. The van der Waals surface area contributed by atoms with Gasteiger partial charge in [-0.05, 0) is 31.9 Å². The van der Waals surface area contributed by atoms with E-state index in [9.17, 15) is 5.11 Å². The van der Waals surface area contributed by atoms with E-state index in [1.165, 1.54) is 0 Å². The normalized spacial score (nSPS) is 25.5. The fraction of sp³-hybridized carbons (Fsp3) is 0.500. The molecule has 1 unspecified atom stereocenters. The molecule has 0 amide bonds. The summed E-state index contributed by atoms with van der Waals surface area (Å²) in [4.78, 5) is 2.20. The number of amidine groups is 1. The summed E-state index contributed by atoms with van der Waals surface area (Å²) in [5.74, 6) is 0.124. The standard InChI is InChI=1S/C14H21N3O2/c1-14(18)7-4-8-17(10-14)9-11-5-2-3-6-12(11)13(15)16-19/h2-3,5-6,18-19H,4,7-10H2,1H3,(H2,15,16). The van der Waals surface area contributed by atoms with Crippen molar-refractivity contribution < 1.29 is 10.3 Å². The third-order valence-electron chi connectivity index (χ3n) is 3.55. The Bertz CT molecular complexity index is 472. The van der Waals surface area contributed by atoms with Gasteiger partial charge in [0.05, 0.1) is 5.60 Å². The topological polar surface area (TPSA) is 82.1 Å². The monoisotopic (exact) mass is 263 g/mol. The second-order valence-corrected chi connectivity index (χ2v) is 5.45. The van der Waals surface area contributed by atoms with Gasteiger partial charge in [-0.25, -0.2) is 0 Å². The molecule has 0 radical (unpaired) electrons. The zero-order chi connectivity index (χ0) is 13.9. The Morgan fingerprint density at radius 1 is 1.47 bits per heavy atom. The third kappa shape index (κ3) is 3.45. The number of rotatable bonds is 3. The predicted molar refractivity (Wildman–Crippen MR) is 74.1 cm³/mol. The lowest BCUT2D eigenvalue weighted by Crippen LogP contribution is -2.45. The van der Waals surface area contributed by atoms with Gasteiger partial charge in [0.25, 0.3) is 0 Å². The molecule has 1 fully saturated rings. The number of likely N-dealkylation sites (tertiary alicyclic amines) is 1. The number of benzene rings is 1. The van der Waals surface area contributed by atoms with E-state index in [4.69, 9.17) is 10.9 Å². The highest BCUT2D eigenvalue weighted by atomic mass is 16.4. The zero-order valence-corrected chi connectivity index (χ0v) is 11.2. The summed E-state index contributed by atoms with van der Waals surface area (Å²) in [5, 5.41) is 22.0. The Morgan fingerprint density at radius 3 is 2.89 bits per heavy atom. The SMILES string of the molecule is CC1(O)CCCN(Cc2ccccc2/C(N)=N/O)C1.